The van der Waals surface area contributed by atoms with E-state index in [1.165, 1.54) is 49.7 Å². The number of Topliss-reactive ketones (excluding diaryl/α,β-unsaturated/α-hetero) is 1. The zero-order valence-electron chi connectivity index (χ0n) is 15.2. The van der Waals surface area contributed by atoms with Crippen LogP contribution in [0.5, 0.6) is 0 Å². The maximum absolute atomic E-state index is 11.8. The normalized spacial score (nSPS) is 35.6. The molecule has 3 aliphatic rings. The summed E-state index contributed by atoms with van der Waals surface area (Å²) in [4.78, 5) is 11.8. The molecule has 0 aromatic heterocycles. The van der Waals surface area contributed by atoms with E-state index in [4.69, 9.17) is 0 Å². The van der Waals surface area contributed by atoms with Gasteiger partial charge in [-0.2, -0.15) is 34.9 Å². The van der Waals surface area contributed by atoms with Gasteiger partial charge in [0.2, 0.25) is 0 Å². The molecule has 5 atom stereocenters. The number of rotatable bonds is 1. The van der Waals surface area contributed by atoms with Crippen LogP contribution in [0.4, 0.5) is 0 Å². The fraction of sp³-hybridized carbons (Fsp3) is 0.682. The molecule has 127 valence electrons. The van der Waals surface area contributed by atoms with Gasteiger partial charge in [-0.15, -0.1) is 0 Å². The summed E-state index contributed by atoms with van der Waals surface area (Å²) in [6, 6.07) is 8.14. The second kappa shape index (κ2) is 7.71. The summed E-state index contributed by atoms with van der Waals surface area (Å²) in [6.07, 6.45) is 9.74. The summed E-state index contributed by atoms with van der Waals surface area (Å²) < 4.78 is 0. The number of ketones is 1. The quantitative estimate of drug-likeness (QED) is 0.581. The van der Waals surface area contributed by atoms with Gasteiger partial charge in [0.25, 0.3) is 0 Å². The molecule has 1 radical (unpaired) electrons. The van der Waals surface area contributed by atoms with Crippen molar-refractivity contribution >= 4 is 5.78 Å². The van der Waals surface area contributed by atoms with E-state index in [9.17, 15) is 4.79 Å². The van der Waals surface area contributed by atoms with E-state index in [1.807, 2.05) is 0 Å². The maximum Gasteiger partial charge on any atom is 0.133 e. The molecular weight excluding hydrogens is 369 g/mol. The van der Waals surface area contributed by atoms with E-state index in [0.717, 1.165) is 42.4 Å². The van der Waals surface area contributed by atoms with E-state index in [0.29, 0.717) is 5.78 Å². The van der Waals surface area contributed by atoms with Crippen molar-refractivity contribution in [2.24, 2.45) is 23.7 Å². The first-order valence-electron chi connectivity index (χ1n) is 9.62. The first-order valence-corrected chi connectivity index (χ1v) is 9.62. The third-order valence-corrected chi connectivity index (χ3v) is 6.98. The molecule has 0 heterocycles. The van der Waals surface area contributed by atoms with Crippen LogP contribution in [0.2, 0.25) is 0 Å². The van der Waals surface area contributed by atoms with Gasteiger partial charge in [-0.05, 0) is 68.1 Å². The van der Waals surface area contributed by atoms with Crippen molar-refractivity contribution in [3.8, 4) is 0 Å². The Labute approximate surface area is 172 Å². The van der Waals surface area contributed by atoms with E-state index in [1.54, 1.807) is 5.56 Å². The maximum atomic E-state index is 11.8. The Balaban J connectivity index is 0.00000169. The first kappa shape index (κ1) is 18.8. The Morgan fingerprint density at radius 1 is 0.917 bits per heavy atom. The summed E-state index contributed by atoms with van der Waals surface area (Å²) in [5.74, 6) is 4.70. The van der Waals surface area contributed by atoms with Crippen LogP contribution < -0.4 is 0 Å². The summed E-state index contributed by atoms with van der Waals surface area (Å²) >= 11 is 0. The molecule has 3 aliphatic carbocycles. The Morgan fingerprint density at radius 3 is 2.33 bits per heavy atom. The molecule has 3 saturated carbocycles. The molecule has 2 heteroatoms. The number of fused-ring (bicyclic) bond motifs is 3. The first-order chi connectivity index (χ1) is 11.1. The van der Waals surface area contributed by atoms with Crippen LogP contribution >= 0.6 is 0 Å². The minimum atomic E-state index is 0. The number of benzene rings is 1. The predicted molar refractivity (Wildman–Crippen MR) is 93.4 cm³/mol. The molecule has 0 N–H and O–H groups in total. The standard InChI is InChI=1S/C22H29O.Y/c1-14-9-15(2)11-19(10-14)16-5-7-21-17(12-16)3-4-18-13-20(23)6-8-22(18)21;/h10-11,16-18,21-22H,3-8,12-13H2,1-2H3;/q-1;. The number of carbonyl (C=O) groups excluding carboxylic acids is 1. The van der Waals surface area contributed by atoms with E-state index < -0.39 is 0 Å². The summed E-state index contributed by atoms with van der Waals surface area (Å²) in [5, 5.41) is 0. The van der Waals surface area contributed by atoms with E-state index >= 15 is 0 Å². The minimum Gasteiger partial charge on any atom is -0.300 e. The molecule has 5 unspecified atom stereocenters. The summed E-state index contributed by atoms with van der Waals surface area (Å²) in [6.45, 7) is 4.35. The van der Waals surface area contributed by atoms with Crippen LogP contribution in [0.25, 0.3) is 0 Å². The Hall–Kier alpha value is -0.00610. The second-order valence-electron chi connectivity index (χ2n) is 8.50. The van der Waals surface area contributed by atoms with Gasteiger partial charge in [0, 0.05) is 45.6 Å². The van der Waals surface area contributed by atoms with Crippen LogP contribution in [0.15, 0.2) is 12.1 Å². The average Bonchev–Trinajstić information content (AvgIpc) is 2.53. The van der Waals surface area contributed by atoms with Crippen LogP contribution in [0.1, 0.15) is 74.0 Å². The van der Waals surface area contributed by atoms with Crippen LogP contribution in [-0.4, -0.2) is 5.78 Å². The Bertz CT molecular complexity index is 588. The van der Waals surface area contributed by atoms with Crippen molar-refractivity contribution in [3.05, 3.63) is 34.9 Å². The smallest absolute Gasteiger partial charge is 0.133 e. The zero-order chi connectivity index (χ0) is 16.0. The second-order valence-corrected chi connectivity index (χ2v) is 8.50. The van der Waals surface area contributed by atoms with Crippen LogP contribution in [0.3, 0.4) is 0 Å². The molecule has 1 aromatic rings. The van der Waals surface area contributed by atoms with Crippen molar-refractivity contribution in [2.75, 3.05) is 0 Å². The summed E-state index contributed by atoms with van der Waals surface area (Å²) in [5.41, 5.74) is 4.13. The molecule has 0 amide bonds. The SMILES string of the molecule is Cc1[c-]c(C)cc(C2CCC3C(CCC4CC(=O)CCC43)C2)c1.[Y]. The summed E-state index contributed by atoms with van der Waals surface area (Å²) in [7, 11) is 0. The molecule has 0 spiro atoms. The monoisotopic (exact) mass is 398 g/mol. The fourth-order valence-corrected chi connectivity index (χ4v) is 6.06. The third kappa shape index (κ3) is 3.73. The van der Waals surface area contributed by atoms with E-state index in [-0.39, 0.29) is 32.7 Å². The zero-order valence-corrected chi connectivity index (χ0v) is 18.0. The van der Waals surface area contributed by atoms with Gasteiger partial charge in [0.05, 0.1) is 0 Å². The number of hydrogen-bond donors (Lipinski definition) is 0. The molecular formula is C22H29OY-. The molecule has 4 rings (SSSR count). The third-order valence-electron chi connectivity index (χ3n) is 6.98. The number of carbonyl (C=O) groups is 1. The largest absolute Gasteiger partial charge is 0.300 e. The van der Waals surface area contributed by atoms with Gasteiger partial charge in [0.1, 0.15) is 5.78 Å². The van der Waals surface area contributed by atoms with Gasteiger partial charge < -0.3 is 0 Å². The molecule has 0 aliphatic heterocycles. The van der Waals surface area contributed by atoms with Gasteiger partial charge in [0.15, 0.2) is 0 Å². The molecule has 1 nitrogen and oxygen atoms in total. The Morgan fingerprint density at radius 2 is 1.58 bits per heavy atom. The van der Waals surface area contributed by atoms with Crippen molar-refractivity contribution in [2.45, 2.75) is 71.1 Å². The van der Waals surface area contributed by atoms with Crippen molar-refractivity contribution < 1.29 is 37.5 Å². The van der Waals surface area contributed by atoms with Gasteiger partial charge in [-0.1, -0.05) is 13.8 Å². The number of hydrogen-bond acceptors (Lipinski definition) is 1. The number of aryl methyl sites for hydroxylation is 2. The topological polar surface area (TPSA) is 17.1 Å². The molecule has 0 bridgehead atoms. The molecule has 24 heavy (non-hydrogen) atoms. The molecule has 1 aromatic carbocycles. The van der Waals surface area contributed by atoms with Gasteiger partial charge in [-0.3, -0.25) is 4.79 Å². The van der Waals surface area contributed by atoms with Crippen molar-refractivity contribution in [3.63, 3.8) is 0 Å². The molecule has 0 saturated heterocycles. The fourth-order valence-electron chi connectivity index (χ4n) is 6.06. The van der Waals surface area contributed by atoms with E-state index in [2.05, 4.69) is 32.0 Å². The Kier molecular flexibility index (Phi) is 6.03. The average molecular weight is 398 g/mol. The molecule has 3 fully saturated rings. The van der Waals surface area contributed by atoms with Gasteiger partial charge in [-0.25, -0.2) is 0 Å². The van der Waals surface area contributed by atoms with Gasteiger partial charge >= 0.3 is 0 Å². The minimum absolute atomic E-state index is 0. The predicted octanol–water partition coefficient (Wildman–Crippen LogP) is 5.38. The van der Waals surface area contributed by atoms with Crippen molar-refractivity contribution in [1.29, 1.82) is 0 Å². The van der Waals surface area contributed by atoms with Crippen molar-refractivity contribution in [1.82, 2.24) is 0 Å². The van der Waals surface area contributed by atoms with Crippen LogP contribution in [0, 0.1) is 43.6 Å². The van der Waals surface area contributed by atoms with Crippen LogP contribution in [-0.2, 0) is 37.5 Å².